The molecular weight excluding hydrogens is 298 g/mol. The average molecular weight is 319 g/mol. The highest BCUT2D eigenvalue weighted by Crippen LogP contribution is 2.22. The van der Waals surface area contributed by atoms with Crippen molar-refractivity contribution >= 4 is 17.2 Å². The van der Waals surface area contributed by atoms with Gasteiger partial charge >= 0.3 is 0 Å². The van der Waals surface area contributed by atoms with Crippen molar-refractivity contribution in [2.24, 2.45) is 0 Å². The van der Waals surface area contributed by atoms with Crippen molar-refractivity contribution in [2.45, 2.75) is 51.1 Å². The molecule has 118 valence electrons. The van der Waals surface area contributed by atoms with Gasteiger partial charge in [-0.2, -0.15) is 4.80 Å². The lowest BCUT2D eigenvalue weighted by Gasteiger charge is -2.31. The Kier molecular flexibility index (Phi) is 4.82. The van der Waals surface area contributed by atoms with Crippen LogP contribution < -0.4 is 0 Å². The van der Waals surface area contributed by atoms with E-state index in [0.717, 1.165) is 17.7 Å². The summed E-state index contributed by atoms with van der Waals surface area (Å²) in [4.78, 5) is 16.7. The number of amides is 1. The lowest BCUT2D eigenvalue weighted by Crippen LogP contribution is -2.38. The summed E-state index contributed by atoms with van der Waals surface area (Å²) in [6.45, 7) is 0.480. The van der Waals surface area contributed by atoms with E-state index in [0.29, 0.717) is 24.8 Å². The van der Waals surface area contributed by atoms with Gasteiger partial charge < -0.3 is 4.90 Å². The molecule has 1 aliphatic carbocycles. The second-order valence-corrected chi connectivity index (χ2v) is 6.68. The molecule has 22 heavy (non-hydrogen) atoms. The van der Waals surface area contributed by atoms with E-state index in [9.17, 15) is 4.79 Å². The third kappa shape index (κ3) is 3.52. The average Bonchev–Trinajstić information content (AvgIpc) is 3.23. The third-order valence-electron chi connectivity index (χ3n) is 4.24. The minimum absolute atomic E-state index is 0.168. The van der Waals surface area contributed by atoms with E-state index in [4.69, 9.17) is 0 Å². The fraction of sp³-hybridized carbons (Fsp3) is 0.600. The Bertz CT molecular complexity index is 603. The van der Waals surface area contributed by atoms with E-state index in [1.54, 1.807) is 11.3 Å². The molecule has 2 aromatic rings. The number of carbonyl (C=O) groups excluding carboxylic acids is 1. The Labute approximate surface area is 134 Å². The van der Waals surface area contributed by atoms with E-state index in [2.05, 4.69) is 15.4 Å². The molecular formula is C15H21N5OS. The van der Waals surface area contributed by atoms with Crippen LogP contribution in [0.2, 0.25) is 0 Å². The molecule has 0 bridgehead atoms. The van der Waals surface area contributed by atoms with Crippen molar-refractivity contribution in [1.82, 2.24) is 25.1 Å². The van der Waals surface area contributed by atoms with Gasteiger partial charge in [0.05, 0.1) is 11.4 Å². The van der Waals surface area contributed by atoms with Crippen LogP contribution in [0.1, 0.15) is 38.5 Å². The zero-order valence-electron chi connectivity index (χ0n) is 12.8. The van der Waals surface area contributed by atoms with Crippen molar-refractivity contribution in [1.29, 1.82) is 0 Å². The minimum atomic E-state index is 0.168. The third-order valence-corrected chi connectivity index (χ3v) is 5.10. The van der Waals surface area contributed by atoms with Crippen molar-refractivity contribution < 1.29 is 4.79 Å². The summed E-state index contributed by atoms with van der Waals surface area (Å²) in [7, 11) is 1.92. The molecule has 2 heterocycles. The molecule has 0 aromatic carbocycles. The number of thiophene rings is 1. The van der Waals surface area contributed by atoms with Crippen molar-refractivity contribution in [3.63, 3.8) is 0 Å². The zero-order chi connectivity index (χ0) is 15.4. The standard InChI is InChI=1S/C15H21N5OS/c1-19(12-6-3-2-4-7-12)14(21)9-10-20-17-15(16-18-20)13-8-5-11-22-13/h5,8,11-12H,2-4,6-7,9-10H2,1H3. The molecule has 3 rings (SSSR count). The summed E-state index contributed by atoms with van der Waals surface area (Å²) < 4.78 is 0. The monoisotopic (exact) mass is 319 g/mol. The Morgan fingerprint density at radius 3 is 2.95 bits per heavy atom. The van der Waals surface area contributed by atoms with Gasteiger partial charge in [-0.15, -0.1) is 21.5 Å². The Morgan fingerprint density at radius 2 is 2.23 bits per heavy atom. The minimum Gasteiger partial charge on any atom is -0.343 e. The first-order valence-corrected chi connectivity index (χ1v) is 8.69. The molecule has 1 amide bonds. The lowest BCUT2D eigenvalue weighted by molar-refractivity contribution is -0.132. The number of tetrazole rings is 1. The van der Waals surface area contributed by atoms with Gasteiger partial charge in [-0.05, 0) is 29.5 Å². The maximum absolute atomic E-state index is 12.3. The smallest absolute Gasteiger partial charge is 0.224 e. The summed E-state index contributed by atoms with van der Waals surface area (Å²) in [5.41, 5.74) is 0. The number of carbonyl (C=O) groups is 1. The number of aromatic nitrogens is 4. The van der Waals surface area contributed by atoms with Gasteiger partial charge in [-0.1, -0.05) is 25.3 Å². The number of hydrogen-bond acceptors (Lipinski definition) is 5. The van der Waals surface area contributed by atoms with Crippen LogP contribution in [-0.2, 0) is 11.3 Å². The van der Waals surface area contributed by atoms with Crippen LogP contribution in [0.5, 0.6) is 0 Å². The van der Waals surface area contributed by atoms with E-state index in [1.165, 1.54) is 24.1 Å². The molecule has 0 radical (unpaired) electrons. The van der Waals surface area contributed by atoms with Crippen LogP contribution in [0.15, 0.2) is 17.5 Å². The van der Waals surface area contributed by atoms with E-state index in [1.807, 2.05) is 29.5 Å². The number of hydrogen-bond donors (Lipinski definition) is 0. The molecule has 0 spiro atoms. The van der Waals surface area contributed by atoms with Crippen LogP contribution in [0.3, 0.4) is 0 Å². The first-order chi connectivity index (χ1) is 10.7. The highest BCUT2D eigenvalue weighted by atomic mass is 32.1. The van der Waals surface area contributed by atoms with Crippen molar-refractivity contribution in [2.75, 3.05) is 7.05 Å². The van der Waals surface area contributed by atoms with E-state index in [-0.39, 0.29) is 5.91 Å². The normalized spacial score (nSPS) is 15.9. The quantitative estimate of drug-likeness (QED) is 0.849. The predicted octanol–water partition coefficient (Wildman–Crippen LogP) is 2.58. The number of rotatable bonds is 5. The molecule has 1 saturated carbocycles. The SMILES string of the molecule is CN(C(=O)CCn1nnc(-c2cccs2)n1)C1CCCCC1. The Balaban J connectivity index is 1.52. The van der Waals surface area contributed by atoms with Crippen LogP contribution in [0.4, 0.5) is 0 Å². The van der Waals surface area contributed by atoms with Gasteiger partial charge in [0.15, 0.2) is 0 Å². The van der Waals surface area contributed by atoms with Gasteiger partial charge in [0.1, 0.15) is 0 Å². The topological polar surface area (TPSA) is 63.9 Å². The zero-order valence-corrected chi connectivity index (χ0v) is 13.6. The van der Waals surface area contributed by atoms with Crippen LogP contribution >= 0.6 is 11.3 Å². The summed E-state index contributed by atoms with van der Waals surface area (Å²) >= 11 is 1.58. The summed E-state index contributed by atoms with van der Waals surface area (Å²) in [5.74, 6) is 0.796. The van der Waals surface area contributed by atoms with Crippen LogP contribution in [0.25, 0.3) is 10.7 Å². The highest BCUT2D eigenvalue weighted by molar-refractivity contribution is 7.13. The van der Waals surface area contributed by atoms with E-state index >= 15 is 0 Å². The Morgan fingerprint density at radius 1 is 1.41 bits per heavy atom. The fourth-order valence-corrected chi connectivity index (χ4v) is 3.53. The second kappa shape index (κ2) is 7.00. The van der Waals surface area contributed by atoms with Crippen LogP contribution in [-0.4, -0.2) is 44.1 Å². The molecule has 0 N–H and O–H groups in total. The van der Waals surface area contributed by atoms with E-state index < -0.39 is 0 Å². The molecule has 0 atom stereocenters. The first kappa shape index (κ1) is 15.1. The first-order valence-electron chi connectivity index (χ1n) is 7.81. The Hall–Kier alpha value is -1.76. The highest BCUT2D eigenvalue weighted by Gasteiger charge is 2.21. The molecule has 0 unspecified atom stereocenters. The van der Waals surface area contributed by atoms with Gasteiger partial charge in [-0.25, -0.2) is 0 Å². The van der Waals surface area contributed by atoms with Crippen molar-refractivity contribution in [3.05, 3.63) is 17.5 Å². The molecule has 0 aliphatic heterocycles. The van der Waals surface area contributed by atoms with Gasteiger partial charge in [-0.3, -0.25) is 4.79 Å². The second-order valence-electron chi connectivity index (χ2n) is 5.73. The molecule has 0 saturated heterocycles. The van der Waals surface area contributed by atoms with Gasteiger partial charge in [0.25, 0.3) is 0 Å². The van der Waals surface area contributed by atoms with Gasteiger partial charge in [0, 0.05) is 19.5 Å². The lowest BCUT2D eigenvalue weighted by atomic mass is 9.94. The summed E-state index contributed by atoms with van der Waals surface area (Å²) in [6.07, 6.45) is 6.45. The molecule has 7 heteroatoms. The maximum Gasteiger partial charge on any atom is 0.224 e. The molecule has 1 fully saturated rings. The van der Waals surface area contributed by atoms with Crippen LogP contribution in [0, 0.1) is 0 Å². The maximum atomic E-state index is 12.3. The summed E-state index contributed by atoms with van der Waals surface area (Å²) in [6, 6.07) is 4.34. The van der Waals surface area contributed by atoms with Gasteiger partial charge in [0.2, 0.25) is 11.7 Å². The predicted molar refractivity (Wildman–Crippen MR) is 85.4 cm³/mol. The number of aryl methyl sites for hydroxylation is 1. The fourth-order valence-electron chi connectivity index (χ4n) is 2.89. The number of nitrogens with zero attached hydrogens (tertiary/aromatic N) is 5. The molecule has 2 aromatic heterocycles. The largest absolute Gasteiger partial charge is 0.343 e. The van der Waals surface area contributed by atoms with Crippen molar-refractivity contribution in [3.8, 4) is 10.7 Å². The molecule has 6 nitrogen and oxygen atoms in total. The molecule has 1 aliphatic rings. The summed E-state index contributed by atoms with van der Waals surface area (Å²) in [5, 5.41) is 14.4.